The van der Waals surface area contributed by atoms with Gasteiger partial charge in [-0.25, -0.2) is 14.4 Å². The second-order valence-electron chi connectivity index (χ2n) is 4.81. The Morgan fingerprint density at radius 2 is 2.09 bits per heavy atom. The molecule has 0 bridgehead atoms. The van der Waals surface area contributed by atoms with Crippen LogP contribution in [0.4, 0.5) is 4.39 Å². The Morgan fingerprint density at radius 3 is 2.86 bits per heavy atom. The van der Waals surface area contributed by atoms with Gasteiger partial charge < -0.3 is 0 Å². The average molecular weight is 292 g/mol. The summed E-state index contributed by atoms with van der Waals surface area (Å²) in [5.41, 5.74) is 3.72. The maximum atomic E-state index is 13.5. The fourth-order valence-electron chi connectivity index (χ4n) is 2.27. The molecule has 5 heteroatoms. The van der Waals surface area contributed by atoms with Crippen molar-refractivity contribution >= 4 is 17.9 Å². The molecule has 1 aromatic carbocycles. The lowest BCUT2D eigenvalue weighted by Crippen LogP contribution is -2.01. The smallest absolute Gasteiger partial charge is 0.154 e. The summed E-state index contributed by atoms with van der Waals surface area (Å²) in [5, 5.41) is 6.99. The molecule has 0 unspecified atom stereocenters. The summed E-state index contributed by atoms with van der Waals surface area (Å²) in [6.45, 7) is 1.73. The van der Waals surface area contributed by atoms with Gasteiger partial charge in [0.05, 0.1) is 11.4 Å². The van der Waals surface area contributed by atoms with Gasteiger partial charge in [0.1, 0.15) is 12.2 Å². The van der Waals surface area contributed by atoms with Gasteiger partial charge in [-0.2, -0.15) is 0 Å². The standard InChI is InChI=1S/C17H13FN4/c1-11-9-12(4-5-14(11)18)17-13(3-2-8-20-17)15-6-7-16(22-15)21-10-19/h2-10,19H,1H3/b19-10?,21-16-. The summed E-state index contributed by atoms with van der Waals surface area (Å²) in [4.78, 5) is 12.6. The highest BCUT2D eigenvalue weighted by atomic mass is 19.1. The van der Waals surface area contributed by atoms with Gasteiger partial charge in [0, 0.05) is 17.3 Å². The van der Waals surface area contributed by atoms with Crippen LogP contribution in [-0.4, -0.2) is 22.9 Å². The zero-order valence-corrected chi connectivity index (χ0v) is 11.9. The Balaban J connectivity index is 2.10. The van der Waals surface area contributed by atoms with Gasteiger partial charge in [-0.3, -0.25) is 10.4 Å². The van der Waals surface area contributed by atoms with Crippen LogP contribution in [-0.2, 0) is 0 Å². The van der Waals surface area contributed by atoms with Gasteiger partial charge >= 0.3 is 0 Å². The van der Waals surface area contributed by atoms with Crippen LogP contribution in [0.15, 0.2) is 58.7 Å². The molecule has 1 aromatic heterocycles. The van der Waals surface area contributed by atoms with Crippen molar-refractivity contribution in [1.82, 2.24) is 4.98 Å². The Kier molecular flexibility index (Phi) is 3.70. The first-order valence-corrected chi connectivity index (χ1v) is 6.74. The molecule has 1 N–H and O–H groups in total. The molecule has 0 atom stereocenters. The van der Waals surface area contributed by atoms with Crippen molar-refractivity contribution in [2.45, 2.75) is 6.92 Å². The molecule has 0 amide bonds. The molecule has 0 saturated carbocycles. The number of nitrogens with zero attached hydrogens (tertiary/aromatic N) is 3. The number of hydrogen-bond donors (Lipinski definition) is 1. The fourth-order valence-corrected chi connectivity index (χ4v) is 2.27. The Hall–Kier alpha value is -2.95. The molecule has 0 saturated heterocycles. The molecule has 0 aliphatic carbocycles. The number of aromatic nitrogens is 1. The zero-order valence-electron chi connectivity index (χ0n) is 11.9. The van der Waals surface area contributed by atoms with Crippen molar-refractivity contribution < 1.29 is 4.39 Å². The van der Waals surface area contributed by atoms with E-state index >= 15 is 0 Å². The van der Waals surface area contributed by atoms with E-state index in [2.05, 4.69) is 15.0 Å². The van der Waals surface area contributed by atoms with E-state index in [1.54, 1.807) is 31.3 Å². The highest BCUT2D eigenvalue weighted by Crippen LogP contribution is 2.25. The van der Waals surface area contributed by atoms with E-state index in [0.29, 0.717) is 11.4 Å². The summed E-state index contributed by atoms with van der Waals surface area (Å²) in [6.07, 6.45) is 6.23. The highest BCUT2D eigenvalue weighted by molar-refractivity contribution is 6.24. The first-order chi connectivity index (χ1) is 10.7. The minimum absolute atomic E-state index is 0.236. The average Bonchev–Trinajstić information content (AvgIpc) is 2.99. The predicted octanol–water partition coefficient (Wildman–Crippen LogP) is 3.56. The second-order valence-corrected chi connectivity index (χ2v) is 4.81. The van der Waals surface area contributed by atoms with E-state index in [4.69, 9.17) is 5.41 Å². The summed E-state index contributed by atoms with van der Waals surface area (Å²) < 4.78 is 13.5. The number of aliphatic imine (C=N–C) groups is 2. The first kappa shape index (κ1) is 14.0. The van der Waals surface area contributed by atoms with Gasteiger partial charge in [-0.15, -0.1) is 0 Å². The van der Waals surface area contributed by atoms with Crippen molar-refractivity contribution in [3.05, 3.63) is 65.6 Å². The molecule has 2 heterocycles. The number of aryl methyl sites for hydroxylation is 1. The minimum atomic E-state index is -0.236. The van der Waals surface area contributed by atoms with E-state index in [-0.39, 0.29) is 5.82 Å². The lowest BCUT2D eigenvalue weighted by atomic mass is 10.0. The van der Waals surface area contributed by atoms with Gasteiger partial charge in [-0.05, 0) is 55.0 Å². The van der Waals surface area contributed by atoms with Gasteiger partial charge in [0.15, 0.2) is 5.84 Å². The number of nitrogens with one attached hydrogen (secondary N) is 1. The lowest BCUT2D eigenvalue weighted by Gasteiger charge is -2.08. The van der Waals surface area contributed by atoms with Crippen LogP contribution in [0, 0.1) is 18.2 Å². The highest BCUT2D eigenvalue weighted by Gasteiger charge is 2.14. The molecule has 0 radical (unpaired) electrons. The van der Waals surface area contributed by atoms with Crippen molar-refractivity contribution in [3.8, 4) is 11.3 Å². The van der Waals surface area contributed by atoms with Crippen LogP contribution < -0.4 is 0 Å². The fraction of sp³-hybridized carbons (Fsp3) is 0.0588. The van der Waals surface area contributed by atoms with Crippen LogP contribution in [0.3, 0.4) is 0 Å². The molecule has 2 aromatic rings. The summed E-state index contributed by atoms with van der Waals surface area (Å²) in [7, 11) is 0. The molecule has 0 fully saturated rings. The Labute approximate surface area is 127 Å². The van der Waals surface area contributed by atoms with Gasteiger partial charge in [-0.1, -0.05) is 0 Å². The van der Waals surface area contributed by atoms with E-state index in [1.165, 1.54) is 6.07 Å². The Bertz CT molecular complexity index is 834. The largest absolute Gasteiger partial charge is 0.289 e. The van der Waals surface area contributed by atoms with Gasteiger partial charge in [0.2, 0.25) is 0 Å². The van der Waals surface area contributed by atoms with Crippen molar-refractivity contribution in [3.63, 3.8) is 0 Å². The van der Waals surface area contributed by atoms with E-state index in [9.17, 15) is 4.39 Å². The molecular weight excluding hydrogens is 279 g/mol. The van der Waals surface area contributed by atoms with E-state index in [1.807, 2.05) is 18.2 Å². The molecule has 3 rings (SSSR count). The molecule has 1 aliphatic heterocycles. The summed E-state index contributed by atoms with van der Waals surface area (Å²) >= 11 is 0. The molecule has 22 heavy (non-hydrogen) atoms. The number of amidine groups is 1. The molecule has 108 valence electrons. The van der Waals surface area contributed by atoms with E-state index in [0.717, 1.165) is 28.9 Å². The zero-order chi connectivity index (χ0) is 15.5. The second kappa shape index (κ2) is 5.81. The Morgan fingerprint density at radius 1 is 1.23 bits per heavy atom. The number of pyridine rings is 1. The van der Waals surface area contributed by atoms with Crippen LogP contribution in [0.1, 0.15) is 11.1 Å². The number of benzene rings is 1. The quantitative estimate of drug-likeness (QED) is 0.682. The van der Waals surface area contributed by atoms with Crippen molar-refractivity contribution in [2.24, 2.45) is 9.98 Å². The third kappa shape index (κ3) is 2.61. The normalized spacial score (nSPS) is 15.2. The van der Waals surface area contributed by atoms with Crippen molar-refractivity contribution in [1.29, 1.82) is 5.41 Å². The monoisotopic (exact) mass is 292 g/mol. The van der Waals surface area contributed by atoms with Crippen LogP contribution >= 0.6 is 0 Å². The maximum Gasteiger partial charge on any atom is 0.154 e. The number of halogens is 1. The molecule has 0 spiro atoms. The predicted molar refractivity (Wildman–Crippen MR) is 86.3 cm³/mol. The maximum absolute atomic E-state index is 13.5. The van der Waals surface area contributed by atoms with Crippen molar-refractivity contribution in [2.75, 3.05) is 0 Å². The van der Waals surface area contributed by atoms with Crippen LogP contribution in [0.5, 0.6) is 0 Å². The van der Waals surface area contributed by atoms with E-state index < -0.39 is 0 Å². The molecular formula is C17H13FN4. The molecule has 4 nitrogen and oxygen atoms in total. The summed E-state index contributed by atoms with van der Waals surface area (Å²) in [6, 6.07) is 8.67. The SMILES string of the molecule is Cc1cc(-c2ncccc2C2=N/C(=N\C=N)C=C2)ccc1F. The number of allylic oxidation sites excluding steroid dienone is 1. The number of hydrogen-bond acceptors (Lipinski definition) is 2. The third-order valence-corrected chi connectivity index (χ3v) is 3.34. The summed E-state index contributed by atoms with van der Waals surface area (Å²) in [5.74, 6) is 0.245. The lowest BCUT2D eigenvalue weighted by molar-refractivity contribution is 0.619. The van der Waals surface area contributed by atoms with Crippen LogP contribution in [0.2, 0.25) is 0 Å². The van der Waals surface area contributed by atoms with Gasteiger partial charge in [0.25, 0.3) is 0 Å². The number of rotatable bonds is 3. The molecule has 1 aliphatic rings. The van der Waals surface area contributed by atoms with Crippen LogP contribution in [0.25, 0.3) is 11.3 Å². The third-order valence-electron chi connectivity index (χ3n) is 3.34. The first-order valence-electron chi connectivity index (χ1n) is 6.74. The topological polar surface area (TPSA) is 61.5 Å². The minimum Gasteiger partial charge on any atom is -0.289 e.